The standard InChI is InChI=1S/C16H18O4/c1-18-14-9-6-10-15(19-2)16(14)20-11-13(17)12-7-4-3-5-8-12/h3-10,13,17H,11H2,1-2H3. The van der Waals surface area contributed by atoms with Crippen molar-refractivity contribution in [1.82, 2.24) is 0 Å². The van der Waals surface area contributed by atoms with Gasteiger partial charge in [0.2, 0.25) is 5.75 Å². The van der Waals surface area contributed by atoms with Gasteiger partial charge < -0.3 is 19.3 Å². The quantitative estimate of drug-likeness (QED) is 0.880. The molecular weight excluding hydrogens is 256 g/mol. The molecule has 0 aliphatic rings. The van der Waals surface area contributed by atoms with E-state index in [0.717, 1.165) is 5.56 Å². The molecule has 2 rings (SSSR count). The maximum absolute atomic E-state index is 10.1. The van der Waals surface area contributed by atoms with Crippen molar-refractivity contribution in [2.75, 3.05) is 20.8 Å². The van der Waals surface area contributed by atoms with Gasteiger partial charge in [0.15, 0.2) is 11.5 Å². The van der Waals surface area contributed by atoms with Crippen LogP contribution in [0.2, 0.25) is 0 Å². The molecule has 4 heteroatoms. The monoisotopic (exact) mass is 274 g/mol. The molecule has 1 unspecified atom stereocenters. The predicted octanol–water partition coefficient (Wildman–Crippen LogP) is 2.82. The molecule has 106 valence electrons. The van der Waals surface area contributed by atoms with Crippen molar-refractivity contribution in [1.29, 1.82) is 0 Å². The van der Waals surface area contributed by atoms with Gasteiger partial charge >= 0.3 is 0 Å². The van der Waals surface area contributed by atoms with Crippen LogP contribution in [-0.4, -0.2) is 25.9 Å². The maximum atomic E-state index is 10.1. The maximum Gasteiger partial charge on any atom is 0.203 e. The van der Waals surface area contributed by atoms with Gasteiger partial charge in [-0.05, 0) is 17.7 Å². The van der Waals surface area contributed by atoms with Crippen LogP contribution in [0, 0.1) is 0 Å². The van der Waals surface area contributed by atoms with E-state index in [-0.39, 0.29) is 6.61 Å². The summed E-state index contributed by atoms with van der Waals surface area (Å²) in [6.07, 6.45) is -0.703. The first-order valence-electron chi connectivity index (χ1n) is 6.33. The lowest BCUT2D eigenvalue weighted by atomic mass is 10.1. The van der Waals surface area contributed by atoms with Crippen molar-refractivity contribution < 1.29 is 19.3 Å². The summed E-state index contributed by atoms with van der Waals surface area (Å²) < 4.78 is 16.1. The van der Waals surface area contributed by atoms with E-state index in [1.165, 1.54) is 0 Å². The van der Waals surface area contributed by atoms with E-state index in [1.54, 1.807) is 26.4 Å². The average molecular weight is 274 g/mol. The van der Waals surface area contributed by atoms with E-state index in [9.17, 15) is 5.11 Å². The Morgan fingerprint density at radius 3 is 2.05 bits per heavy atom. The zero-order valence-electron chi connectivity index (χ0n) is 11.6. The zero-order valence-corrected chi connectivity index (χ0v) is 11.6. The van der Waals surface area contributed by atoms with Gasteiger partial charge in [0.1, 0.15) is 12.7 Å². The lowest BCUT2D eigenvalue weighted by Crippen LogP contribution is -2.10. The Kier molecular flexibility index (Phi) is 4.85. The smallest absolute Gasteiger partial charge is 0.203 e. The third-order valence-corrected chi connectivity index (χ3v) is 2.95. The van der Waals surface area contributed by atoms with Crippen LogP contribution >= 0.6 is 0 Å². The first kappa shape index (κ1) is 14.2. The number of aliphatic hydroxyl groups is 1. The van der Waals surface area contributed by atoms with Crippen molar-refractivity contribution in [3.05, 3.63) is 54.1 Å². The third-order valence-electron chi connectivity index (χ3n) is 2.95. The highest BCUT2D eigenvalue weighted by atomic mass is 16.5. The number of benzene rings is 2. The summed E-state index contributed by atoms with van der Waals surface area (Å²) in [5, 5.41) is 10.1. The van der Waals surface area contributed by atoms with Gasteiger partial charge in [0.25, 0.3) is 0 Å². The fourth-order valence-corrected chi connectivity index (χ4v) is 1.89. The van der Waals surface area contributed by atoms with Gasteiger partial charge in [-0.2, -0.15) is 0 Å². The second-order valence-corrected chi connectivity index (χ2v) is 4.23. The Morgan fingerprint density at radius 1 is 0.900 bits per heavy atom. The van der Waals surface area contributed by atoms with E-state index in [0.29, 0.717) is 17.2 Å². The van der Waals surface area contributed by atoms with Gasteiger partial charge in [-0.1, -0.05) is 36.4 Å². The zero-order chi connectivity index (χ0) is 14.4. The molecular formula is C16H18O4. The Labute approximate surface area is 118 Å². The van der Waals surface area contributed by atoms with Crippen LogP contribution in [-0.2, 0) is 0 Å². The van der Waals surface area contributed by atoms with Crippen molar-refractivity contribution in [2.24, 2.45) is 0 Å². The molecule has 0 aliphatic carbocycles. The molecule has 0 aliphatic heterocycles. The molecule has 0 saturated carbocycles. The van der Waals surface area contributed by atoms with Crippen LogP contribution in [0.5, 0.6) is 17.2 Å². The van der Waals surface area contributed by atoms with E-state index in [2.05, 4.69) is 0 Å². The highest BCUT2D eigenvalue weighted by Gasteiger charge is 2.14. The van der Waals surface area contributed by atoms with Gasteiger partial charge in [0.05, 0.1) is 14.2 Å². The number of ether oxygens (including phenoxy) is 3. The molecule has 0 heterocycles. The molecule has 0 radical (unpaired) electrons. The summed E-state index contributed by atoms with van der Waals surface area (Å²) in [7, 11) is 3.13. The SMILES string of the molecule is COc1cccc(OC)c1OCC(O)c1ccccc1. The molecule has 4 nitrogen and oxygen atoms in total. The fourth-order valence-electron chi connectivity index (χ4n) is 1.89. The molecule has 0 aromatic heterocycles. The molecule has 0 saturated heterocycles. The minimum Gasteiger partial charge on any atom is -0.493 e. The van der Waals surface area contributed by atoms with E-state index >= 15 is 0 Å². The molecule has 20 heavy (non-hydrogen) atoms. The normalized spacial score (nSPS) is 11.8. The summed E-state index contributed by atoms with van der Waals surface area (Å²) in [4.78, 5) is 0. The molecule has 0 spiro atoms. The number of hydrogen-bond donors (Lipinski definition) is 1. The van der Waals surface area contributed by atoms with Crippen LogP contribution in [0.4, 0.5) is 0 Å². The molecule has 0 fully saturated rings. The van der Waals surface area contributed by atoms with Gasteiger partial charge in [0, 0.05) is 0 Å². The highest BCUT2D eigenvalue weighted by Crippen LogP contribution is 2.37. The number of hydrogen-bond acceptors (Lipinski definition) is 4. The molecule has 1 N–H and O–H groups in total. The van der Waals surface area contributed by atoms with Gasteiger partial charge in [-0.15, -0.1) is 0 Å². The van der Waals surface area contributed by atoms with E-state index in [4.69, 9.17) is 14.2 Å². The topological polar surface area (TPSA) is 47.9 Å². The largest absolute Gasteiger partial charge is 0.493 e. The summed E-state index contributed by atoms with van der Waals surface area (Å²) in [6.45, 7) is 0.126. The van der Waals surface area contributed by atoms with Gasteiger partial charge in [-0.25, -0.2) is 0 Å². The number of para-hydroxylation sites is 1. The average Bonchev–Trinajstić information content (AvgIpc) is 2.52. The van der Waals surface area contributed by atoms with Crippen molar-refractivity contribution in [3.8, 4) is 17.2 Å². The lowest BCUT2D eigenvalue weighted by Gasteiger charge is -2.16. The molecule has 2 aromatic carbocycles. The molecule has 1 atom stereocenters. The number of aliphatic hydroxyl groups excluding tert-OH is 1. The minimum absolute atomic E-state index is 0.126. The Hall–Kier alpha value is -2.20. The number of methoxy groups -OCH3 is 2. The van der Waals surface area contributed by atoms with Crippen LogP contribution in [0.25, 0.3) is 0 Å². The second-order valence-electron chi connectivity index (χ2n) is 4.23. The van der Waals surface area contributed by atoms with Gasteiger partial charge in [-0.3, -0.25) is 0 Å². The summed E-state index contributed by atoms with van der Waals surface area (Å²) in [5.74, 6) is 1.64. The second kappa shape index (κ2) is 6.82. The van der Waals surface area contributed by atoms with Crippen LogP contribution in [0.1, 0.15) is 11.7 Å². The van der Waals surface area contributed by atoms with Crippen molar-refractivity contribution >= 4 is 0 Å². The van der Waals surface area contributed by atoms with E-state index in [1.807, 2.05) is 36.4 Å². The highest BCUT2D eigenvalue weighted by molar-refractivity contribution is 5.51. The first-order valence-corrected chi connectivity index (χ1v) is 6.33. The number of rotatable bonds is 6. The fraction of sp³-hybridized carbons (Fsp3) is 0.250. The van der Waals surface area contributed by atoms with E-state index < -0.39 is 6.10 Å². The summed E-state index contributed by atoms with van der Waals surface area (Å²) in [5.41, 5.74) is 0.807. The Morgan fingerprint density at radius 2 is 1.50 bits per heavy atom. The first-order chi connectivity index (χ1) is 9.76. The van der Waals surface area contributed by atoms with Crippen LogP contribution in [0.3, 0.4) is 0 Å². The Bertz CT molecular complexity index is 517. The molecule has 0 amide bonds. The molecule has 2 aromatic rings. The van der Waals surface area contributed by atoms with Crippen molar-refractivity contribution in [3.63, 3.8) is 0 Å². The molecule has 0 bridgehead atoms. The van der Waals surface area contributed by atoms with Crippen LogP contribution in [0.15, 0.2) is 48.5 Å². The third kappa shape index (κ3) is 3.22. The lowest BCUT2D eigenvalue weighted by molar-refractivity contribution is 0.104. The summed E-state index contributed by atoms with van der Waals surface area (Å²) >= 11 is 0. The minimum atomic E-state index is -0.703. The van der Waals surface area contributed by atoms with Crippen LogP contribution < -0.4 is 14.2 Å². The predicted molar refractivity (Wildman–Crippen MR) is 76.4 cm³/mol. The summed E-state index contributed by atoms with van der Waals surface area (Å²) in [6, 6.07) is 14.8. The Balaban J connectivity index is 2.11. The van der Waals surface area contributed by atoms with Crippen molar-refractivity contribution in [2.45, 2.75) is 6.10 Å².